The predicted octanol–water partition coefficient (Wildman–Crippen LogP) is 2.18. The van der Waals surface area contributed by atoms with E-state index in [4.69, 9.17) is 10.5 Å². The van der Waals surface area contributed by atoms with Crippen molar-refractivity contribution >= 4 is 0 Å². The van der Waals surface area contributed by atoms with Gasteiger partial charge in [-0.2, -0.15) is 0 Å². The van der Waals surface area contributed by atoms with Crippen molar-refractivity contribution in [2.45, 2.75) is 45.6 Å². The number of hydrogen-bond donors (Lipinski definition) is 1. The van der Waals surface area contributed by atoms with Crippen molar-refractivity contribution in [3.05, 3.63) is 0 Å². The van der Waals surface area contributed by atoms with Gasteiger partial charge in [0.05, 0.1) is 5.60 Å². The highest BCUT2D eigenvalue weighted by molar-refractivity contribution is 4.70. The lowest BCUT2D eigenvalue weighted by atomic mass is 9.93. The molecule has 0 aliphatic rings. The van der Waals surface area contributed by atoms with Gasteiger partial charge in [0.15, 0.2) is 0 Å². The molecule has 2 N–H and O–H groups in total. The topological polar surface area (TPSA) is 35.2 Å². The summed E-state index contributed by atoms with van der Waals surface area (Å²) < 4.78 is 5.34. The molecule has 2 nitrogen and oxygen atoms in total. The Kier molecular flexibility index (Phi) is 5.51. The summed E-state index contributed by atoms with van der Waals surface area (Å²) in [6, 6.07) is 0. The van der Waals surface area contributed by atoms with E-state index in [0.717, 1.165) is 13.0 Å². The molecule has 0 spiro atoms. The second kappa shape index (κ2) is 5.55. The molecular formula is C10H23NO. The predicted molar refractivity (Wildman–Crippen MR) is 53.2 cm³/mol. The molecule has 0 heterocycles. The van der Waals surface area contributed by atoms with Crippen LogP contribution in [0.25, 0.3) is 0 Å². The van der Waals surface area contributed by atoms with Crippen LogP contribution in [0.3, 0.4) is 0 Å². The summed E-state index contributed by atoms with van der Waals surface area (Å²) in [6.07, 6.45) is 3.45. The lowest BCUT2D eigenvalue weighted by Crippen LogP contribution is -2.25. The second-order valence-electron chi connectivity index (χ2n) is 4.01. The third kappa shape index (κ3) is 4.73. The maximum absolute atomic E-state index is 5.61. The van der Waals surface area contributed by atoms with Crippen molar-refractivity contribution in [3.8, 4) is 0 Å². The third-order valence-corrected chi connectivity index (χ3v) is 2.62. The summed E-state index contributed by atoms with van der Waals surface area (Å²) in [7, 11) is 1.77. The smallest absolute Gasteiger partial charge is 0.0622 e. The summed E-state index contributed by atoms with van der Waals surface area (Å²) >= 11 is 0. The number of nitrogens with two attached hydrogens (primary N) is 1. The molecule has 0 radical (unpaired) electrons. The summed E-state index contributed by atoms with van der Waals surface area (Å²) in [4.78, 5) is 0. The van der Waals surface area contributed by atoms with E-state index >= 15 is 0 Å². The Morgan fingerprint density at radius 3 is 2.33 bits per heavy atom. The first-order valence-electron chi connectivity index (χ1n) is 4.81. The normalized spacial score (nSPS) is 14.8. The minimum absolute atomic E-state index is 0.0165. The molecule has 0 aliphatic carbocycles. The minimum Gasteiger partial charge on any atom is -0.379 e. The van der Waals surface area contributed by atoms with Gasteiger partial charge in [0, 0.05) is 7.11 Å². The van der Waals surface area contributed by atoms with Crippen LogP contribution in [0.1, 0.15) is 40.0 Å². The van der Waals surface area contributed by atoms with E-state index in [9.17, 15) is 0 Å². The van der Waals surface area contributed by atoms with E-state index in [1.165, 1.54) is 12.8 Å². The molecule has 0 aliphatic heterocycles. The van der Waals surface area contributed by atoms with Crippen molar-refractivity contribution in [2.75, 3.05) is 13.7 Å². The lowest BCUT2D eigenvalue weighted by molar-refractivity contribution is 0.0105. The SMILES string of the molecule is CCC(CN)CCC(C)(C)OC. The number of rotatable bonds is 6. The molecule has 0 fully saturated rings. The first-order valence-corrected chi connectivity index (χ1v) is 4.81. The Morgan fingerprint density at radius 1 is 1.42 bits per heavy atom. The number of methoxy groups -OCH3 is 1. The van der Waals surface area contributed by atoms with Gasteiger partial charge in [-0.25, -0.2) is 0 Å². The highest BCUT2D eigenvalue weighted by Crippen LogP contribution is 2.20. The van der Waals surface area contributed by atoms with Crippen LogP contribution in [-0.2, 0) is 4.74 Å². The zero-order valence-electron chi connectivity index (χ0n) is 8.89. The Balaban J connectivity index is 3.65. The van der Waals surface area contributed by atoms with Crippen LogP contribution in [0, 0.1) is 5.92 Å². The number of ether oxygens (including phenoxy) is 1. The van der Waals surface area contributed by atoms with E-state index in [1.54, 1.807) is 7.11 Å². The molecule has 0 amide bonds. The fraction of sp³-hybridized carbons (Fsp3) is 1.00. The van der Waals surface area contributed by atoms with Crippen LogP contribution >= 0.6 is 0 Å². The zero-order valence-corrected chi connectivity index (χ0v) is 8.89. The molecule has 0 saturated heterocycles. The maximum atomic E-state index is 5.61. The van der Waals surface area contributed by atoms with E-state index in [2.05, 4.69) is 20.8 Å². The van der Waals surface area contributed by atoms with Crippen LogP contribution < -0.4 is 5.73 Å². The molecular weight excluding hydrogens is 150 g/mol. The summed E-state index contributed by atoms with van der Waals surface area (Å²) in [5, 5.41) is 0. The quantitative estimate of drug-likeness (QED) is 0.668. The van der Waals surface area contributed by atoms with Crippen molar-refractivity contribution in [1.29, 1.82) is 0 Å². The van der Waals surface area contributed by atoms with Gasteiger partial charge in [-0.05, 0) is 39.2 Å². The maximum Gasteiger partial charge on any atom is 0.0622 e. The largest absolute Gasteiger partial charge is 0.379 e. The highest BCUT2D eigenvalue weighted by atomic mass is 16.5. The van der Waals surface area contributed by atoms with E-state index in [-0.39, 0.29) is 5.60 Å². The van der Waals surface area contributed by atoms with Gasteiger partial charge >= 0.3 is 0 Å². The second-order valence-corrected chi connectivity index (χ2v) is 4.01. The Morgan fingerprint density at radius 2 is 2.00 bits per heavy atom. The molecule has 0 aromatic heterocycles. The van der Waals surface area contributed by atoms with Crippen molar-refractivity contribution in [3.63, 3.8) is 0 Å². The third-order valence-electron chi connectivity index (χ3n) is 2.62. The standard InChI is InChI=1S/C10H23NO/c1-5-9(8-11)6-7-10(2,3)12-4/h9H,5-8,11H2,1-4H3. The number of hydrogen-bond acceptors (Lipinski definition) is 2. The lowest BCUT2D eigenvalue weighted by Gasteiger charge is -2.24. The fourth-order valence-electron chi connectivity index (χ4n) is 1.14. The Labute approximate surface area is 76.5 Å². The molecule has 0 saturated carbocycles. The molecule has 1 atom stereocenters. The summed E-state index contributed by atoms with van der Waals surface area (Å²) in [6.45, 7) is 7.24. The average molecular weight is 173 g/mol. The molecule has 12 heavy (non-hydrogen) atoms. The average Bonchev–Trinajstić information content (AvgIpc) is 2.06. The van der Waals surface area contributed by atoms with E-state index in [1.807, 2.05) is 0 Å². The summed E-state index contributed by atoms with van der Waals surface area (Å²) in [5.41, 5.74) is 5.63. The highest BCUT2D eigenvalue weighted by Gasteiger charge is 2.17. The molecule has 0 rings (SSSR count). The monoisotopic (exact) mass is 173 g/mol. The van der Waals surface area contributed by atoms with E-state index < -0.39 is 0 Å². The van der Waals surface area contributed by atoms with Gasteiger partial charge in [0.2, 0.25) is 0 Å². The minimum atomic E-state index is 0.0165. The molecule has 0 aromatic carbocycles. The van der Waals surface area contributed by atoms with Gasteiger partial charge in [0.25, 0.3) is 0 Å². The zero-order chi connectivity index (χ0) is 9.61. The van der Waals surface area contributed by atoms with Crippen molar-refractivity contribution in [1.82, 2.24) is 0 Å². The fourth-order valence-corrected chi connectivity index (χ4v) is 1.14. The van der Waals surface area contributed by atoms with Crippen LogP contribution in [0.15, 0.2) is 0 Å². The van der Waals surface area contributed by atoms with Crippen LogP contribution in [0.4, 0.5) is 0 Å². The molecule has 1 unspecified atom stereocenters. The van der Waals surface area contributed by atoms with E-state index in [0.29, 0.717) is 5.92 Å². The Bertz CT molecular complexity index is 108. The molecule has 74 valence electrons. The van der Waals surface area contributed by atoms with Gasteiger partial charge in [0.1, 0.15) is 0 Å². The van der Waals surface area contributed by atoms with Crippen LogP contribution in [-0.4, -0.2) is 19.3 Å². The van der Waals surface area contributed by atoms with Gasteiger partial charge in [-0.3, -0.25) is 0 Å². The van der Waals surface area contributed by atoms with Crippen LogP contribution in [0.5, 0.6) is 0 Å². The van der Waals surface area contributed by atoms with Gasteiger partial charge in [-0.1, -0.05) is 13.3 Å². The summed E-state index contributed by atoms with van der Waals surface area (Å²) in [5.74, 6) is 0.666. The van der Waals surface area contributed by atoms with Crippen molar-refractivity contribution in [2.24, 2.45) is 11.7 Å². The van der Waals surface area contributed by atoms with Crippen molar-refractivity contribution < 1.29 is 4.74 Å². The first kappa shape index (κ1) is 11.9. The molecule has 0 aromatic rings. The molecule has 0 bridgehead atoms. The first-order chi connectivity index (χ1) is 5.55. The Hall–Kier alpha value is -0.0800. The van der Waals surface area contributed by atoms with Gasteiger partial charge < -0.3 is 10.5 Å². The molecule has 2 heteroatoms. The van der Waals surface area contributed by atoms with Gasteiger partial charge in [-0.15, -0.1) is 0 Å². The van der Waals surface area contributed by atoms with Crippen LogP contribution in [0.2, 0.25) is 0 Å².